The van der Waals surface area contributed by atoms with Gasteiger partial charge in [0.15, 0.2) is 5.75 Å². The van der Waals surface area contributed by atoms with E-state index in [4.69, 9.17) is 9.47 Å². The first-order valence-corrected chi connectivity index (χ1v) is 14.4. The highest BCUT2D eigenvalue weighted by atomic mass is 79.9. The van der Waals surface area contributed by atoms with E-state index in [1.54, 1.807) is 12.1 Å². The van der Waals surface area contributed by atoms with Crippen molar-refractivity contribution in [1.82, 2.24) is 5.32 Å². The summed E-state index contributed by atoms with van der Waals surface area (Å²) < 4.78 is 12.0. The maximum absolute atomic E-state index is 13.4. The lowest BCUT2D eigenvalue weighted by Crippen LogP contribution is -2.54. The number of ether oxygens (including phenoxy) is 2. The van der Waals surface area contributed by atoms with Crippen LogP contribution in [0.15, 0.2) is 99.4 Å². The minimum Gasteiger partial charge on any atom is -0.489 e. The van der Waals surface area contributed by atoms with Crippen LogP contribution < -0.4 is 19.7 Å². The van der Waals surface area contributed by atoms with Crippen LogP contribution in [0.2, 0.25) is 0 Å². The zero-order valence-corrected chi connectivity index (χ0v) is 25.8. The second kappa shape index (κ2) is 13.1. The lowest BCUT2D eigenvalue weighted by atomic mass is 10.1. The van der Waals surface area contributed by atoms with Crippen LogP contribution in [0.25, 0.3) is 6.08 Å². The summed E-state index contributed by atoms with van der Waals surface area (Å²) in [5.74, 6) is -1.44. The number of urea groups is 1. The molecule has 0 radical (unpaired) electrons. The Labute approximate surface area is 270 Å². The molecular formula is C30H18Br2N4O9. The molecule has 0 aromatic heterocycles. The molecule has 4 aromatic rings. The molecule has 1 saturated heterocycles. The summed E-state index contributed by atoms with van der Waals surface area (Å²) in [6.07, 6.45) is 1.27. The summed E-state index contributed by atoms with van der Waals surface area (Å²) in [4.78, 5) is 60.6. The van der Waals surface area contributed by atoms with E-state index in [0.29, 0.717) is 17.9 Å². The maximum Gasteiger partial charge on any atom is 0.335 e. The molecule has 0 saturated carbocycles. The van der Waals surface area contributed by atoms with Crippen LogP contribution in [-0.4, -0.2) is 27.7 Å². The molecule has 4 amide bonds. The van der Waals surface area contributed by atoms with Crippen LogP contribution >= 0.6 is 31.9 Å². The number of hydrogen-bond acceptors (Lipinski definition) is 9. The Bertz CT molecular complexity index is 1870. The van der Waals surface area contributed by atoms with Crippen molar-refractivity contribution >= 4 is 72.8 Å². The zero-order chi connectivity index (χ0) is 32.2. The van der Waals surface area contributed by atoms with Crippen molar-refractivity contribution in [1.29, 1.82) is 0 Å². The van der Waals surface area contributed by atoms with Crippen molar-refractivity contribution in [3.05, 3.63) is 131 Å². The Balaban J connectivity index is 1.38. The highest BCUT2D eigenvalue weighted by Gasteiger charge is 2.37. The van der Waals surface area contributed by atoms with Crippen LogP contribution in [0, 0.1) is 20.2 Å². The Morgan fingerprint density at radius 2 is 1.51 bits per heavy atom. The molecule has 15 heteroatoms. The van der Waals surface area contributed by atoms with E-state index in [-0.39, 0.29) is 31.7 Å². The van der Waals surface area contributed by atoms with Gasteiger partial charge >= 0.3 is 11.7 Å². The lowest BCUT2D eigenvalue weighted by Gasteiger charge is -2.26. The fraction of sp³-hybridized carbons (Fsp3) is 0.0333. The summed E-state index contributed by atoms with van der Waals surface area (Å²) in [7, 11) is 0. The van der Waals surface area contributed by atoms with E-state index in [9.17, 15) is 34.6 Å². The number of rotatable bonds is 9. The van der Waals surface area contributed by atoms with Crippen molar-refractivity contribution < 1.29 is 33.7 Å². The van der Waals surface area contributed by atoms with Crippen molar-refractivity contribution in [2.75, 3.05) is 4.90 Å². The largest absolute Gasteiger partial charge is 0.489 e. The number of nitrogens with one attached hydrogen (secondary N) is 1. The molecule has 0 aliphatic carbocycles. The van der Waals surface area contributed by atoms with Crippen molar-refractivity contribution in [2.24, 2.45) is 0 Å². The molecule has 0 bridgehead atoms. The topological polar surface area (TPSA) is 171 Å². The fourth-order valence-corrected chi connectivity index (χ4v) is 5.59. The first-order chi connectivity index (χ1) is 21.5. The lowest BCUT2D eigenvalue weighted by molar-refractivity contribution is -0.394. The second-order valence-electron chi connectivity index (χ2n) is 9.31. The number of halogens is 2. The number of nitro groups is 2. The van der Waals surface area contributed by atoms with Gasteiger partial charge < -0.3 is 9.47 Å². The fourth-order valence-electron chi connectivity index (χ4n) is 4.21. The quantitative estimate of drug-likeness (QED) is 0.0817. The molecule has 45 heavy (non-hydrogen) atoms. The van der Waals surface area contributed by atoms with Gasteiger partial charge in [-0.3, -0.25) is 35.1 Å². The number of anilines is 1. The smallest absolute Gasteiger partial charge is 0.335 e. The van der Waals surface area contributed by atoms with Gasteiger partial charge in [-0.15, -0.1) is 0 Å². The summed E-state index contributed by atoms with van der Waals surface area (Å²) in [6.45, 7) is 0.324. The number of non-ortho nitro benzene ring substituents is 1. The number of amides is 4. The van der Waals surface area contributed by atoms with Crippen LogP contribution in [0.4, 0.5) is 21.9 Å². The third-order valence-corrected chi connectivity index (χ3v) is 7.52. The molecule has 5 rings (SSSR count). The predicted octanol–water partition coefficient (Wildman–Crippen LogP) is 7.07. The SMILES string of the molecule is O=C1NC(=O)N(c2ccc(OCc3ccccc3)cc2)C(=O)/C1=C/c1cc(Br)c(Oc2ccc([N+](=O)[O-])cc2[N+](=O)[O-])c(Br)c1. The summed E-state index contributed by atoms with van der Waals surface area (Å²) in [6, 6.07) is 20.7. The molecule has 4 aromatic carbocycles. The molecular weight excluding hydrogens is 720 g/mol. The van der Waals surface area contributed by atoms with Gasteiger partial charge in [0.25, 0.3) is 17.5 Å². The minimum atomic E-state index is -0.920. The minimum absolute atomic E-state index is 0.0832. The Morgan fingerprint density at radius 3 is 2.13 bits per heavy atom. The highest BCUT2D eigenvalue weighted by Crippen LogP contribution is 2.42. The van der Waals surface area contributed by atoms with Crippen molar-refractivity contribution in [2.45, 2.75) is 6.61 Å². The molecule has 226 valence electrons. The number of nitrogens with zero attached hydrogens (tertiary/aromatic N) is 3. The molecule has 1 aliphatic heterocycles. The highest BCUT2D eigenvalue weighted by molar-refractivity contribution is 9.11. The molecule has 1 aliphatic rings. The Hall–Kier alpha value is -5.41. The standard InChI is InChI=1S/C30H18Br2N4O9/c31-23-13-18(14-24(32)27(23)45-26-11-8-20(35(40)41)15-25(26)36(42)43)12-22-28(37)33-30(39)34(29(22)38)19-6-9-21(10-7-19)44-16-17-4-2-1-3-5-17/h1-15H,16H2,(H,33,37,39)/b22-12+. The van der Waals surface area contributed by atoms with E-state index < -0.39 is 39.1 Å². The van der Waals surface area contributed by atoms with E-state index in [0.717, 1.165) is 28.7 Å². The van der Waals surface area contributed by atoms with Gasteiger partial charge in [0, 0.05) is 6.07 Å². The summed E-state index contributed by atoms with van der Waals surface area (Å²) >= 11 is 6.64. The third-order valence-electron chi connectivity index (χ3n) is 6.34. The predicted molar refractivity (Wildman–Crippen MR) is 168 cm³/mol. The molecule has 0 unspecified atom stereocenters. The number of carbonyl (C=O) groups excluding carboxylic acids is 3. The van der Waals surface area contributed by atoms with E-state index in [1.165, 1.54) is 30.3 Å². The van der Waals surface area contributed by atoms with E-state index >= 15 is 0 Å². The molecule has 1 N–H and O–H groups in total. The van der Waals surface area contributed by atoms with Crippen LogP contribution in [0.5, 0.6) is 17.2 Å². The van der Waals surface area contributed by atoms with E-state index in [2.05, 4.69) is 37.2 Å². The van der Waals surface area contributed by atoms with E-state index in [1.807, 2.05) is 30.3 Å². The number of nitro benzene ring substituents is 2. The number of barbiturate groups is 1. The van der Waals surface area contributed by atoms with Gasteiger partial charge in [0.1, 0.15) is 17.9 Å². The summed E-state index contributed by atoms with van der Waals surface area (Å²) in [5, 5.41) is 24.7. The zero-order valence-electron chi connectivity index (χ0n) is 22.6. The Morgan fingerprint density at radius 1 is 0.844 bits per heavy atom. The van der Waals surface area contributed by atoms with Crippen LogP contribution in [0.1, 0.15) is 11.1 Å². The van der Waals surface area contributed by atoms with Gasteiger partial charge in [-0.1, -0.05) is 30.3 Å². The normalized spacial score (nSPS) is 13.9. The monoisotopic (exact) mass is 736 g/mol. The average molecular weight is 738 g/mol. The van der Waals surface area contributed by atoms with Gasteiger partial charge in [-0.25, -0.2) is 9.69 Å². The number of hydrogen-bond donors (Lipinski definition) is 1. The van der Waals surface area contributed by atoms with Gasteiger partial charge in [-0.05, 0) is 91.5 Å². The number of benzene rings is 4. The Kier molecular flexibility index (Phi) is 9.01. The molecule has 0 atom stereocenters. The first-order valence-electron chi connectivity index (χ1n) is 12.8. The van der Waals surface area contributed by atoms with Gasteiger partial charge in [0.05, 0.1) is 30.5 Å². The summed E-state index contributed by atoms with van der Waals surface area (Å²) in [5.41, 5.74) is 0.0580. The maximum atomic E-state index is 13.4. The third kappa shape index (κ3) is 6.89. The molecule has 1 fully saturated rings. The van der Waals surface area contributed by atoms with Crippen molar-refractivity contribution in [3.63, 3.8) is 0 Å². The molecule has 13 nitrogen and oxygen atoms in total. The van der Waals surface area contributed by atoms with Crippen molar-refractivity contribution in [3.8, 4) is 17.2 Å². The van der Waals surface area contributed by atoms with Gasteiger partial charge in [-0.2, -0.15) is 0 Å². The van der Waals surface area contributed by atoms with Crippen LogP contribution in [-0.2, 0) is 16.2 Å². The van der Waals surface area contributed by atoms with Crippen LogP contribution in [0.3, 0.4) is 0 Å². The number of carbonyl (C=O) groups is 3. The molecule has 0 spiro atoms. The second-order valence-corrected chi connectivity index (χ2v) is 11.0. The average Bonchev–Trinajstić information content (AvgIpc) is 3.01. The van der Waals surface area contributed by atoms with Gasteiger partial charge in [0.2, 0.25) is 5.75 Å². The molecule has 1 heterocycles. The first kappa shape index (κ1) is 31.0. The number of imide groups is 2.